The van der Waals surface area contributed by atoms with Crippen LogP contribution in [-0.2, 0) is 16.6 Å². The highest BCUT2D eigenvalue weighted by atomic mass is 35.5. The summed E-state index contributed by atoms with van der Waals surface area (Å²) in [5, 5.41) is 2.56. The smallest absolute Gasteiger partial charge is 0.242 e. The summed E-state index contributed by atoms with van der Waals surface area (Å²) in [6, 6.07) is 4.27. The molecule has 0 aliphatic carbocycles. The van der Waals surface area contributed by atoms with E-state index in [1.54, 1.807) is 11.6 Å². The zero-order chi connectivity index (χ0) is 13.2. The quantitative estimate of drug-likeness (QED) is 0.844. The molecular weight excluding hydrogens is 294 g/mol. The van der Waals surface area contributed by atoms with E-state index in [4.69, 9.17) is 17.3 Å². The van der Waals surface area contributed by atoms with Gasteiger partial charge in [-0.25, -0.2) is 18.1 Å². The molecule has 18 heavy (non-hydrogen) atoms. The predicted molar refractivity (Wildman–Crippen MR) is 72.0 cm³/mol. The molecule has 0 amide bonds. The number of nitrogens with two attached hydrogens (primary N) is 1. The molecule has 0 saturated heterocycles. The van der Waals surface area contributed by atoms with Crippen LogP contribution in [-0.4, -0.2) is 13.4 Å². The lowest BCUT2D eigenvalue weighted by atomic mass is 10.3. The molecule has 8 heteroatoms. The zero-order valence-corrected chi connectivity index (χ0v) is 11.5. The molecule has 0 spiro atoms. The lowest BCUT2D eigenvalue weighted by molar-refractivity contribution is 0.581. The third kappa shape index (κ3) is 2.99. The molecule has 0 radical (unpaired) electrons. The zero-order valence-electron chi connectivity index (χ0n) is 9.13. The lowest BCUT2D eigenvalue weighted by Crippen LogP contribution is -2.23. The van der Waals surface area contributed by atoms with Crippen molar-refractivity contribution in [3.05, 3.63) is 39.8 Å². The molecule has 0 fully saturated rings. The second-order valence-electron chi connectivity index (χ2n) is 3.44. The average Bonchev–Trinajstić information content (AvgIpc) is 2.78. The van der Waals surface area contributed by atoms with Crippen molar-refractivity contribution in [1.29, 1.82) is 0 Å². The summed E-state index contributed by atoms with van der Waals surface area (Å²) in [6.45, 7) is 0.140. The summed E-state index contributed by atoms with van der Waals surface area (Å²) in [4.78, 5) is 4.00. The molecule has 0 saturated carbocycles. The van der Waals surface area contributed by atoms with Crippen LogP contribution in [0.25, 0.3) is 0 Å². The molecule has 96 valence electrons. The number of anilines is 1. The van der Waals surface area contributed by atoms with E-state index in [9.17, 15) is 8.42 Å². The molecule has 1 aromatic heterocycles. The number of hydrogen-bond donors (Lipinski definition) is 2. The number of hydrogen-bond acceptors (Lipinski definition) is 5. The fraction of sp³-hybridized carbons (Fsp3) is 0.100. The molecular formula is C10H10ClN3O2S2. The maximum absolute atomic E-state index is 12.0. The summed E-state index contributed by atoms with van der Waals surface area (Å²) < 4.78 is 26.4. The first-order valence-electron chi connectivity index (χ1n) is 4.92. The third-order valence-electron chi connectivity index (χ3n) is 2.14. The van der Waals surface area contributed by atoms with Gasteiger partial charge in [0, 0.05) is 17.3 Å². The first kappa shape index (κ1) is 13.3. The lowest BCUT2D eigenvalue weighted by Gasteiger charge is -2.07. The Balaban J connectivity index is 2.20. The summed E-state index contributed by atoms with van der Waals surface area (Å²) in [7, 11) is -3.65. The van der Waals surface area contributed by atoms with Gasteiger partial charge in [0.15, 0.2) is 0 Å². The molecule has 3 N–H and O–H groups in total. The fourth-order valence-electron chi connectivity index (χ4n) is 1.31. The van der Waals surface area contributed by atoms with Crippen LogP contribution in [0, 0.1) is 0 Å². The molecule has 2 aromatic rings. The Bertz CT molecular complexity index is 641. The van der Waals surface area contributed by atoms with E-state index >= 15 is 0 Å². The van der Waals surface area contributed by atoms with Crippen molar-refractivity contribution >= 4 is 38.6 Å². The number of benzene rings is 1. The monoisotopic (exact) mass is 303 g/mol. The predicted octanol–water partition coefficient (Wildman–Crippen LogP) is 1.86. The van der Waals surface area contributed by atoms with E-state index in [-0.39, 0.29) is 16.5 Å². The third-order valence-corrected chi connectivity index (χ3v) is 4.81. The van der Waals surface area contributed by atoms with Gasteiger partial charge in [-0.05, 0) is 18.2 Å². The van der Waals surface area contributed by atoms with Gasteiger partial charge in [0.25, 0.3) is 0 Å². The Morgan fingerprint density at radius 3 is 2.83 bits per heavy atom. The number of thiazole rings is 1. The maximum atomic E-state index is 12.0. The molecule has 0 aliphatic heterocycles. The molecule has 0 bridgehead atoms. The van der Waals surface area contributed by atoms with Crippen LogP contribution in [0.5, 0.6) is 0 Å². The number of nitrogens with zero attached hydrogens (tertiary/aromatic N) is 1. The highest BCUT2D eigenvalue weighted by Crippen LogP contribution is 2.23. The Morgan fingerprint density at radius 2 is 2.22 bits per heavy atom. The largest absolute Gasteiger partial charge is 0.399 e. The van der Waals surface area contributed by atoms with E-state index in [2.05, 4.69) is 9.71 Å². The van der Waals surface area contributed by atoms with E-state index in [0.717, 1.165) is 0 Å². The van der Waals surface area contributed by atoms with E-state index in [0.29, 0.717) is 10.7 Å². The standard InChI is InChI=1S/C10H10ClN3O2S2/c11-8-5-7(12)1-2-9(8)18(15,16)14-6-10-13-3-4-17-10/h1-5,14H,6,12H2. The van der Waals surface area contributed by atoms with E-state index in [1.807, 2.05) is 0 Å². The highest BCUT2D eigenvalue weighted by Gasteiger charge is 2.17. The number of aromatic nitrogens is 1. The minimum Gasteiger partial charge on any atom is -0.399 e. The molecule has 1 heterocycles. The Morgan fingerprint density at radius 1 is 1.44 bits per heavy atom. The van der Waals surface area contributed by atoms with Gasteiger partial charge < -0.3 is 5.73 Å². The average molecular weight is 304 g/mol. The molecule has 1 aromatic carbocycles. The van der Waals surface area contributed by atoms with Crippen molar-refractivity contribution in [3.8, 4) is 0 Å². The number of nitrogens with one attached hydrogen (secondary N) is 1. The van der Waals surface area contributed by atoms with Gasteiger partial charge in [-0.2, -0.15) is 0 Å². The van der Waals surface area contributed by atoms with Crippen LogP contribution < -0.4 is 10.5 Å². The molecule has 0 atom stereocenters. The first-order valence-corrected chi connectivity index (χ1v) is 7.66. The Labute approximate surface area is 114 Å². The fourth-order valence-corrected chi connectivity index (χ4v) is 3.50. The number of sulfonamides is 1. The van der Waals surface area contributed by atoms with Crippen molar-refractivity contribution in [2.75, 3.05) is 5.73 Å². The summed E-state index contributed by atoms with van der Waals surface area (Å²) in [6.07, 6.45) is 1.62. The van der Waals surface area contributed by atoms with Gasteiger partial charge in [0.1, 0.15) is 9.90 Å². The van der Waals surface area contributed by atoms with Crippen LogP contribution in [0.3, 0.4) is 0 Å². The van der Waals surface area contributed by atoms with Crippen LogP contribution in [0.15, 0.2) is 34.7 Å². The number of nitrogen functional groups attached to an aromatic ring is 1. The summed E-state index contributed by atoms with van der Waals surface area (Å²) in [5.41, 5.74) is 5.93. The Kier molecular flexibility index (Phi) is 3.86. The minimum absolute atomic E-state index is 0.00919. The number of halogens is 1. The van der Waals surface area contributed by atoms with E-state index < -0.39 is 10.0 Å². The van der Waals surface area contributed by atoms with Gasteiger partial charge in [-0.15, -0.1) is 11.3 Å². The molecule has 0 aliphatic rings. The van der Waals surface area contributed by atoms with Gasteiger partial charge in [-0.3, -0.25) is 0 Å². The topological polar surface area (TPSA) is 85.1 Å². The molecule has 2 rings (SSSR count). The minimum atomic E-state index is -3.65. The van der Waals surface area contributed by atoms with Gasteiger partial charge in [0.05, 0.1) is 11.6 Å². The van der Waals surface area contributed by atoms with Crippen LogP contribution in [0.1, 0.15) is 5.01 Å². The normalized spacial score (nSPS) is 11.6. The van der Waals surface area contributed by atoms with E-state index in [1.165, 1.54) is 29.5 Å². The molecule has 0 unspecified atom stereocenters. The summed E-state index contributed by atoms with van der Waals surface area (Å²) in [5.74, 6) is 0. The van der Waals surface area contributed by atoms with Crippen LogP contribution >= 0.6 is 22.9 Å². The van der Waals surface area contributed by atoms with Crippen molar-refractivity contribution < 1.29 is 8.42 Å². The van der Waals surface area contributed by atoms with Crippen LogP contribution in [0.2, 0.25) is 5.02 Å². The van der Waals surface area contributed by atoms with Crippen molar-refractivity contribution in [3.63, 3.8) is 0 Å². The SMILES string of the molecule is Nc1ccc(S(=O)(=O)NCc2nccs2)c(Cl)c1. The second-order valence-corrected chi connectivity index (χ2v) is 6.56. The highest BCUT2D eigenvalue weighted by molar-refractivity contribution is 7.89. The van der Waals surface area contributed by atoms with Crippen molar-refractivity contribution in [1.82, 2.24) is 9.71 Å². The van der Waals surface area contributed by atoms with Gasteiger partial charge in [-0.1, -0.05) is 11.6 Å². The van der Waals surface area contributed by atoms with Gasteiger partial charge >= 0.3 is 0 Å². The summed E-state index contributed by atoms with van der Waals surface area (Å²) >= 11 is 7.24. The molecule has 5 nitrogen and oxygen atoms in total. The first-order chi connectivity index (χ1) is 8.49. The van der Waals surface area contributed by atoms with Gasteiger partial charge in [0.2, 0.25) is 10.0 Å². The maximum Gasteiger partial charge on any atom is 0.242 e. The van der Waals surface area contributed by atoms with Crippen molar-refractivity contribution in [2.45, 2.75) is 11.4 Å². The second kappa shape index (κ2) is 5.23. The Hall–Kier alpha value is -1.15. The van der Waals surface area contributed by atoms with Crippen LogP contribution in [0.4, 0.5) is 5.69 Å². The number of rotatable bonds is 4. The van der Waals surface area contributed by atoms with Crippen molar-refractivity contribution in [2.24, 2.45) is 0 Å².